The number of hydrogen-bond donors (Lipinski definition) is 0. The number of nitro groups is 1. The first-order valence-corrected chi connectivity index (χ1v) is 9.33. The summed E-state index contributed by atoms with van der Waals surface area (Å²) in [5, 5.41) is 11.4. The van der Waals surface area contributed by atoms with Crippen LogP contribution in [0.4, 0.5) is 5.69 Å². The Bertz CT molecular complexity index is 1080. The van der Waals surface area contributed by atoms with Crippen LogP contribution in [0.15, 0.2) is 40.8 Å². The number of nitrogens with zero attached hydrogens (tertiary/aromatic N) is 3. The summed E-state index contributed by atoms with van der Waals surface area (Å²) in [5.74, 6) is 1.03. The van der Waals surface area contributed by atoms with Crippen molar-refractivity contribution >= 4 is 22.7 Å². The van der Waals surface area contributed by atoms with E-state index in [0.717, 1.165) is 11.1 Å². The number of rotatable bonds is 3. The van der Waals surface area contributed by atoms with Crippen molar-refractivity contribution in [2.24, 2.45) is 0 Å². The van der Waals surface area contributed by atoms with Crippen LogP contribution in [-0.2, 0) is 0 Å². The molecule has 2 aliphatic heterocycles. The third-order valence-electron chi connectivity index (χ3n) is 5.36. The molecule has 0 unspecified atom stereocenters. The molecular weight excluding hydrogens is 378 g/mol. The second-order valence-corrected chi connectivity index (χ2v) is 7.07. The van der Waals surface area contributed by atoms with Crippen molar-refractivity contribution in [3.63, 3.8) is 0 Å². The van der Waals surface area contributed by atoms with Crippen LogP contribution in [0.5, 0.6) is 11.5 Å². The molecule has 5 rings (SSSR count). The zero-order valence-corrected chi connectivity index (χ0v) is 15.4. The van der Waals surface area contributed by atoms with Gasteiger partial charge in [-0.15, -0.1) is 0 Å². The van der Waals surface area contributed by atoms with Gasteiger partial charge in [0.1, 0.15) is 11.1 Å². The standard InChI is InChI=1S/C20H17N3O6/c24-20(13-9-17-18(28-11-27-17)10-15(13)23(25)26)22-7-5-12(6-8-22)19-21-14-3-1-2-4-16(14)29-19/h1-4,9-10,12H,5-8,11H2. The molecule has 148 valence electrons. The van der Waals surface area contributed by atoms with Crippen molar-refractivity contribution in [1.82, 2.24) is 9.88 Å². The van der Waals surface area contributed by atoms with Crippen LogP contribution in [0.1, 0.15) is 35.0 Å². The average Bonchev–Trinajstić information content (AvgIpc) is 3.38. The minimum absolute atomic E-state index is 0.0135. The van der Waals surface area contributed by atoms with Gasteiger partial charge in [-0.25, -0.2) is 4.98 Å². The van der Waals surface area contributed by atoms with Crippen LogP contribution >= 0.6 is 0 Å². The first-order valence-electron chi connectivity index (χ1n) is 9.33. The number of piperidine rings is 1. The van der Waals surface area contributed by atoms with E-state index in [9.17, 15) is 14.9 Å². The molecule has 29 heavy (non-hydrogen) atoms. The van der Waals surface area contributed by atoms with E-state index in [4.69, 9.17) is 13.9 Å². The number of carbonyl (C=O) groups is 1. The van der Waals surface area contributed by atoms with E-state index >= 15 is 0 Å². The summed E-state index contributed by atoms with van der Waals surface area (Å²) >= 11 is 0. The summed E-state index contributed by atoms with van der Waals surface area (Å²) in [6.45, 7) is 0.918. The molecule has 1 fully saturated rings. The Labute approximate surface area is 165 Å². The molecule has 0 saturated carbocycles. The van der Waals surface area contributed by atoms with Crippen LogP contribution in [0.3, 0.4) is 0 Å². The molecule has 0 radical (unpaired) electrons. The molecule has 9 heteroatoms. The van der Waals surface area contributed by atoms with Crippen LogP contribution in [-0.4, -0.2) is 40.6 Å². The molecule has 2 aromatic carbocycles. The normalized spacial score (nSPS) is 16.3. The zero-order valence-electron chi connectivity index (χ0n) is 15.4. The number of benzene rings is 2. The highest BCUT2D eigenvalue weighted by molar-refractivity contribution is 5.99. The second kappa shape index (κ2) is 6.77. The molecule has 1 aromatic heterocycles. The number of likely N-dealkylation sites (tertiary alicyclic amines) is 1. The molecule has 0 atom stereocenters. The van der Waals surface area contributed by atoms with E-state index in [-0.39, 0.29) is 35.6 Å². The molecule has 9 nitrogen and oxygen atoms in total. The number of amides is 1. The Balaban J connectivity index is 1.34. The van der Waals surface area contributed by atoms with Gasteiger partial charge in [-0.1, -0.05) is 12.1 Å². The molecule has 3 heterocycles. The lowest BCUT2D eigenvalue weighted by Crippen LogP contribution is -2.38. The minimum atomic E-state index is -0.569. The second-order valence-electron chi connectivity index (χ2n) is 7.07. The largest absolute Gasteiger partial charge is 0.454 e. The van der Waals surface area contributed by atoms with Gasteiger partial charge in [0.05, 0.1) is 11.0 Å². The summed E-state index contributed by atoms with van der Waals surface area (Å²) < 4.78 is 16.3. The van der Waals surface area contributed by atoms with Crippen LogP contribution in [0, 0.1) is 10.1 Å². The topological polar surface area (TPSA) is 108 Å². The lowest BCUT2D eigenvalue weighted by molar-refractivity contribution is -0.385. The van der Waals surface area contributed by atoms with E-state index in [1.54, 1.807) is 4.90 Å². The predicted molar refractivity (Wildman–Crippen MR) is 101 cm³/mol. The van der Waals surface area contributed by atoms with Crippen molar-refractivity contribution in [2.45, 2.75) is 18.8 Å². The Morgan fingerprint density at radius 3 is 2.59 bits per heavy atom. The molecule has 0 N–H and O–H groups in total. The van der Waals surface area contributed by atoms with Gasteiger partial charge in [-0.3, -0.25) is 14.9 Å². The maximum absolute atomic E-state index is 13.0. The summed E-state index contributed by atoms with van der Waals surface area (Å²) in [6.07, 6.45) is 1.35. The monoisotopic (exact) mass is 395 g/mol. The number of nitro benzene ring substituents is 1. The van der Waals surface area contributed by atoms with Gasteiger partial charge in [-0.2, -0.15) is 0 Å². The summed E-state index contributed by atoms with van der Waals surface area (Å²) in [4.78, 5) is 30.1. The quantitative estimate of drug-likeness (QED) is 0.493. The van der Waals surface area contributed by atoms with Gasteiger partial charge in [0.15, 0.2) is 23.0 Å². The van der Waals surface area contributed by atoms with Crippen molar-refractivity contribution in [3.8, 4) is 11.5 Å². The molecule has 3 aromatic rings. The van der Waals surface area contributed by atoms with Gasteiger partial charge < -0.3 is 18.8 Å². The molecular formula is C20H17N3O6. The number of carbonyl (C=O) groups excluding carboxylic acids is 1. The summed E-state index contributed by atoms with van der Waals surface area (Å²) in [7, 11) is 0. The minimum Gasteiger partial charge on any atom is -0.454 e. The van der Waals surface area contributed by atoms with Gasteiger partial charge in [-0.05, 0) is 25.0 Å². The predicted octanol–water partition coefficient (Wildman–Crippen LogP) is 3.48. The fourth-order valence-corrected chi connectivity index (χ4v) is 3.82. The number of para-hydroxylation sites is 2. The smallest absolute Gasteiger partial charge is 0.286 e. The Kier molecular flexibility index (Phi) is 4.08. The first kappa shape index (κ1) is 17.5. The highest BCUT2D eigenvalue weighted by Gasteiger charge is 2.33. The lowest BCUT2D eigenvalue weighted by atomic mass is 9.96. The van der Waals surface area contributed by atoms with Crippen molar-refractivity contribution in [3.05, 3.63) is 58.0 Å². The molecule has 0 spiro atoms. The Morgan fingerprint density at radius 1 is 1.14 bits per heavy atom. The number of ether oxygens (including phenoxy) is 2. The van der Waals surface area contributed by atoms with Gasteiger partial charge in [0, 0.05) is 25.1 Å². The number of oxazole rings is 1. The fraction of sp³-hybridized carbons (Fsp3) is 0.300. The number of aromatic nitrogens is 1. The first-order chi connectivity index (χ1) is 14.1. The van der Waals surface area contributed by atoms with Crippen molar-refractivity contribution in [2.75, 3.05) is 19.9 Å². The maximum atomic E-state index is 13.0. The lowest BCUT2D eigenvalue weighted by Gasteiger charge is -2.30. The summed E-state index contributed by atoms with van der Waals surface area (Å²) in [5.41, 5.74) is 1.30. The van der Waals surface area contributed by atoms with E-state index in [0.29, 0.717) is 37.6 Å². The third-order valence-corrected chi connectivity index (χ3v) is 5.36. The SMILES string of the molecule is O=C(c1cc2c(cc1[N+](=O)[O-])OCO2)N1CCC(c2nc3ccccc3o2)CC1. The van der Waals surface area contributed by atoms with Crippen LogP contribution in [0.2, 0.25) is 0 Å². The summed E-state index contributed by atoms with van der Waals surface area (Å²) in [6, 6.07) is 10.2. The van der Waals surface area contributed by atoms with Gasteiger partial charge in [0.2, 0.25) is 6.79 Å². The Morgan fingerprint density at radius 2 is 1.86 bits per heavy atom. The number of hydrogen-bond acceptors (Lipinski definition) is 7. The van der Waals surface area contributed by atoms with Gasteiger partial charge in [0.25, 0.3) is 11.6 Å². The van der Waals surface area contributed by atoms with Crippen LogP contribution < -0.4 is 9.47 Å². The molecule has 1 saturated heterocycles. The van der Waals surface area contributed by atoms with Crippen molar-refractivity contribution < 1.29 is 23.6 Å². The molecule has 0 bridgehead atoms. The molecule has 1 amide bonds. The highest BCUT2D eigenvalue weighted by atomic mass is 16.7. The third kappa shape index (κ3) is 3.04. The Hall–Kier alpha value is -3.62. The van der Waals surface area contributed by atoms with Crippen molar-refractivity contribution in [1.29, 1.82) is 0 Å². The highest BCUT2D eigenvalue weighted by Crippen LogP contribution is 2.39. The van der Waals surface area contributed by atoms with E-state index < -0.39 is 4.92 Å². The fourth-order valence-electron chi connectivity index (χ4n) is 3.82. The maximum Gasteiger partial charge on any atom is 0.286 e. The number of fused-ring (bicyclic) bond motifs is 2. The zero-order chi connectivity index (χ0) is 20.0. The van der Waals surface area contributed by atoms with E-state index in [2.05, 4.69) is 4.98 Å². The molecule has 2 aliphatic rings. The van der Waals surface area contributed by atoms with Crippen LogP contribution in [0.25, 0.3) is 11.1 Å². The average molecular weight is 395 g/mol. The van der Waals surface area contributed by atoms with Gasteiger partial charge >= 0.3 is 0 Å². The van der Waals surface area contributed by atoms with E-state index in [1.807, 2.05) is 24.3 Å². The molecule has 0 aliphatic carbocycles. The van der Waals surface area contributed by atoms with E-state index in [1.165, 1.54) is 12.1 Å².